The van der Waals surface area contributed by atoms with Crippen LogP contribution in [0.4, 0.5) is 0 Å². The fourth-order valence-electron chi connectivity index (χ4n) is 3.31. The summed E-state index contributed by atoms with van der Waals surface area (Å²) in [6.45, 7) is 7.34. The number of nitrogens with zero attached hydrogens (tertiary/aromatic N) is 2. The average molecular weight is 356 g/mol. The second kappa shape index (κ2) is 8.47. The molecule has 0 aliphatic carbocycles. The lowest BCUT2D eigenvalue weighted by Crippen LogP contribution is -2.41. The number of hydrogen-bond donors (Lipinski definition) is 2. The van der Waals surface area contributed by atoms with Crippen molar-refractivity contribution in [3.05, 3.63) is 53.2 Å². The Morgan fingerprint density at radius 2 is 2.00 bits per heavy atom. The summed E-state index contributed by atoms with van der Waals surface area (Å²) < 4.78 is 5.67. The molecule has 3 N–H and O–H groups in total. The van der Waals surface area contributed by atoms with E-state index in [0.29, 0.717) is 12.5 Å². The minimum atomic E-state index is -0.604. The zero-order valence-electron chi connectivity index (χ0n) is 15.6. The van der Waals surface area contributed by atoms with Crippen LogP contribution in [0.3, 0.4) is 0 Å². The predicted octanol–water partition coefficient (Wildman–Crippen LogP) is 2.32. The maximum absolute atomic E-state index is 12.3. The number of hydrogen-bond acceptors (Lipinski definition) is 5. The standard InChI is InChI=1S/C20H28N4O2/c1-14-15(2)26-18(23-14)13-24-10-8-16(9-11-24)12-22-20(25)19(21)17-6-4-3-5-7-17/h3-7,16,19H,8-13,21H2,1-2H3,(H,22,25). The first-order chi connectivity index (χ1) is 12.5. The highest BCUT2D eigenvalue weighted by Crippen LogP contribution is 2.19. The summed E-state index contributed by atoms with van der Waals surface area (Å²) >= 11 is 0. The number of piperidine rings is 1. The smallest absolute Gasteiger partial charge is 0.241 e. The molecule has 1 aromatic carbocycles. The zero-order valence-corrected chi connectivity index (χ0v) is 15.6. The highest BCUT2D eigenvalue weighted by Gasteiger charge is 2.22. The first kappa shape index (κ1) is 18.6. The van der Waals surface area contributed by atoms with Crippen LogP contribution < -0.4 is 11.1 Å². The van der Waals surface area contributed by atoms with Crippen LogP contribution in [0.2, 0.25) is 0 Å². The molecule has 3 rings (SSSR count). The molecule has 1 atom stereocenters. The lowest BCUT2D eigenvalue weighted by molar-refractivity contribution is -0.122. The number of rotatable bonds is 6. The van der Waals surface area contributed by atoms with Crippen molar-refractivity contribution in [1.29, 1.82) is 0 Å². The Labute approximate surface area is 154 Å². The van der Waals surface area contributed by atoms with E-state index in [1.807, 2.05) is 44.2 Å². The highest BCUT2D eigenvalue weighted by atomic mass is 16.4. The summed E-state index contributed by atoms with van der Waals surface area (Å²) in [5.41, 5.74) is 7.85. The van der Waals surface area contributed by atoms with Gasteiger partial charge >= 0.3 is 0 Å². The molecule has 2 aromatic rings. The van der Waals surface area contributed by atoms with Gasteiger partial charge in [-0.15, -0.1) is 0 Å². The van der Waals surface area contributed by atoms with Crippen molar-refractivity contribution in [3.8, 4) is 0 Å². The van der Waals surface area contributed by atoms with Gasteiger partial charge in [0, 0.05) is 6.54 Å². The van der Waals surface area contributed by atoms with E-state index in [1.165, 1.54) is 0 Å². The molecule has 0 bridgehead atoms. The molecule has 26 heavy (non-hydrogen) atoms. The van der Waals surface area contributed by atoms with Gasteiger partial charge < -0.3 is 15.5 Å². The Bertz CT molecular complexity index is 701. The monoisotopic (exact) mass is 356 g/mol. The van der Waals surface area contributed by atoms with Crippen LogP contribution in [-0.2, 0) is 11.3 Å². The second-order valence-corrected chi connectivity index (χ2v) is 7.10. The van der Waals surface area contributed by atoms with Crippen LogP contribution in [0.1, 0.15) is 41.8 Å². The summed E-state index contributed by atoms with van der Waals surface area (Å²) in [5, 5.41) is 3.01. The normalized spacial score (nSPS) is 17.2. The van der Waals surface area contributed by atoms with Gasteiger partial charge in [-0.05, 0) is 51.3 Å². The third-order valence-corrected chi connectivity index (χ3v) is 5.14. The van der Waals surface area contributed by atoms with Crippen LogP contribution in [-0.4, -0.2) is 35.4 Å². The minimum Gasteiger partial charge on any atom is -0.444 e. The summed E-state index contributed by atoms with van der Waals surface area (Å²) in [6, 6.07) is 8.88. The van der Waals surface area contributed by atoms with E-state index in [0.717, 1.165) is 55.4 Å². The molecule has 1 aromatic heterocycles. The molecule has 1 saturated heterocycles. The Hall–Kier alpha value is -2.18. The lowest BCUT2D eigenvalue weighted by Gasteiger charge is -2.31. The molecule has 1 amide bonds. The van der Waals surface area contributed by atoms with Gasteiger partial charge in [0.05, 0.1) is 12.2 Å². The molecule has 0 saturated carbocycles. The molecule has 0 radical (unpaired) electrons. The number of nitrogens with one attached hydrogen (secondary N) is 1. The second-order valence-electron chi connectivity index (χ2n) is 7.10. The van der Waals surface area contributed by atoms with Crippen LogP contribution in [0, 0.1) is 19.8 Å². The first-order valence-corrected chi connectivity index (χ1v) is 9.26. The Morgan fingerprint density at radius 1 is 1.31 bits per heavy atom. The van der Waals surface area contributed by atoms with E-state index in [4.69, 9.17) is 10.2 Å². The predicted molar refractivity (Wildman–Crippen MR) is 100 cm³/mol. The number of aromatic nitrogens is 1. The number of carbonyl (C=O) groups is 1. The SMILES string of the molecule is Cc1nc(CN2CCC(CNC(=O)C(N)c3ccccc3)CC2)oc1C. The molecule has 140 valence electrons. The Kier molecular flexibility index (Phi) is 6.06. The van der Waals surface area contributed by atoms with Gasteiger partial charge in [0.1, 0.15) is 11.8 Å². The van der Waals surface area contributed by atoms with Crippen molar-refractivity contribution in [3.63, 3.8) is 0 Å². The van der Waals surface area contributed by atoms with Crippen LogP contribution in [0.5, 0.6) is 0 Å². The number of aryl methyl sites for hydroxylation is 2. The van der Waals surface area contributed by atoms with Crippen molar-refractivity contribution >= 4 is 5.91 Å². The molecule has 1 aliphatic rings. The van der Waals surface area contributed by atoms with Crippen molar-refractivity contribution in [1.82, 2.24) is 15.2 Å². The van der Waals surface area contributed by atoms with E-state index in [1.54, 1.807) is 0 Å². The lowest BCUT2D eigenvalue weighted by atomic mass is 9.96. The van der Waals surface area contributed by atoms with Gasteiger partial charge in [0.15, 0.2) is 0 Å². The van der Waals surface area contributed by atoms with Gasteiger partial charge in [-0.3, -0.25) is 9.69 Å². The summed E-state index contributed by atoms with van der Waals surface area (Å²) in [7, 11) is 0. The van der Waals surface area contributed by atoms with E-state index < -0.39 is 6.04 Å². The molecule has 6 heteroatoms. The molecule has 1 unspecified atom stereocenters. The van der Waals surface area contributed by atoms with Crippen molar-refractivity contribution in [2.45, 2.75) is 39.3 Å². The van der Waals surface area contributed by atoms with Gasteiger partial charge in [-0.2, -0.15) is 0 Å². The Morgan fingerprint density at radius 3 is 2.62 bits per heavy atom. The molecule has 2 heterocycles. The largest absolute Gasteiger partial charge is 0.444 e. The quantitative estimate of drug-likeness (QED) is 0.830. The topological polar surface area (TPSA) is 84.4 Å². The van der Waals surface area contributed by atoms with E-state index in [2.05, 4.69) is 15.2 Å². The third kappa shape index (κ3) is 4.71. The number of nitrogens with two attached hydrogens (primary N) is 1. The fourth-order valence-corrected chi connectivity index (χ4v) is 3.31. The fraction of sp³-hybridized carbons (Fsp3) is 0.500. The third-order valence-electron chi connectivity index (χ3n) is 5.14. The number of benzene rings is 1. The van der Waals surface area contributed by atoms with Crippen LogP contribution in [0.25, 0.3) is 0 Å². The van der Waals surface area contributed by atoms with Crippen LogP contribution in [0.15, 0.2) is 34.7 Å². The molecule has 6 nitrogen and oxygen atoms in total. The van der Waals surface area contributed by atoms with Crippen LogP contribution >= 0.6 is 0 Å². The van der Waals surface area contributed by atoms with Crippen molar-refractivity contribution in [2.24, 2.45) is 11.7 Å². The minimum absolute atomic E-state index is 0.107. The first-order valence-electron chi connectivity index (χ1n) is 9.26. The van der Waals surface area contributed by atoms with E-state index in [9.17, 15) is 4.79 Å². The molecule has 1 aliphatic heterocycles. The highest BCUT2D eigenvalue weighted by molar-refractivity contribution is 5.82. The number of oxazole rings is 1. The van der Waals surface area contributed by atoms with Gasteiger partial charge in [-0.25, -0.2) is 4.98 Å². The summed E-state index contributed by atoms with van der Waals surface area (Å²) in [5.74, 6) is 2.07. The number of amides is 1. The molecular weight excluding hydrogens is 328 g/mol. The maximum Gasteiger partial charge on any atom is 0.241 e. The zero-order chi connectivity index (χ0) is 18.5. The average Bonchev–Trinajstić information content (AvgIpc) is 2.98. The molecule has 1 fully saturated rings. The van der Waals surface area contributed by atoms with Crippen molar-refractivity contribution in [2.75, 3.05) is 19.6 Å². The molecule has 0 spiro atoms. The van der Waals surface area contributed by atoms with Gasteiger partial charge in [0.25, 0.3) is 0 Å². The maximum atomic E-state index is 12.3. The Balaban J connectivity index is 1.40. The van der Waals surface area contributed by atoms with E-state index in [-0.39, 0.29) is 5.91 Å². The van der Waals surface area contributed by atoms with E-state index >= 15 is 0 Å². The van der Waals surface area contributed by atoms with Gasteiger partial charge in [0.2, 0.25) is 11.8 Å². The molecular formula is C20H28N4O2. The number of carbonyl (C=O) groups excluding carboxylic acids is 1. The summed E-state index contributed by atoms with van der Waals surface area (Å²) in [4.78, 5) is 19.1. The van der Waals surface area contributed by atoms with Gasteiger partial charge in [-0.1, -0.05) is 30.3 Å². The number of likely N-dealkylation sites (tertiary alicyclic amines) is 1. The summed E-state index contributed by atoms with van der Waals surface area (Å²) in [6.07, 6.45) is 2.11. The van der Waals surface area contributed by atoms with Crippen molar-refractivity contribution < 1.29 is 9.21 Å².